The lowest BCUT2D eigenvalue weighted by atomic mass is 9.95. The third-order valence-electron chi connectivity index (χ3n) is 3.29. The smallest absolute Gasteiger partial charge is 0.128 e. The van der Waals surface area contributed by atoms with E-state index in [2.05, 4.69) is 0 Å². The Morgan fingerprint density at radius 3 is 2.63 bits per heavy atom. The van der Waals surface area contributed by atoms with E-state index in [0.29, 0.717) is 22.2 Å². The molecule has 4 heteroatoms. The Hall–Kier alpha value is -1.22. The summed E-state index contributed by atoms with van der Waals surface area (Å²) in [4.78, 5) is 0. The van der Waals surface area contributed by atoms with Crippen LogP contribution in [0.3, 0.4) is 0 Å². The highest BCUT2D eigenvalue weighted by Gasteiger charge is 2.29. The number of aliphatic hydroxyl groups is 1. The van der Waals surface area contributed by atoms with Gasteiger partial charge in [0.2, 0.25) is 0 Å². The molecule has 2 aromatic carbocycles. The quantitative estimate of drug-likeness (QED) is 0.836. The fourth-order valence-electron chi connectivity index (χ4n) is 2.34. The van der Waals surface area contributed by atoms with Crippen molar-refractivity contribution in [1.82, 2.24) is 0 Å². The Balaban J connectivity index is 1.97. The number of ether oxygens (including phenoxy) is 1. The minimum Gasteiger partial charge on any atom is -0.485 e. The van der Waals surface area contributed by atoms with Gasteiger partial charge in [0.05, 0.1) is 6.10 Å². The standard InChI is InChI=1S/C15H12Cl2O2/c16-9-5-6-14-11(7-9)13(18)8-15(19-14)10-3-1-2-4-12(10)17/h1-7,13,15,18H,8H2. The van der Waals surface area contributed by atoms with Crippen molar-refractivity contribution in [1.29, 1.82) is 0 Å². The molecule has 0 aliphatic carbocycles. The van der Waals surface area contributed by atoms with E-state index in [1.165, 1.54) is 0 Å². The first-order valence-electron chi connectivity index (χ1n) is 6.04. The second-order valence-corrected chi connectivity index (χ2v) is 5.41. The fraction of sp³-hybridized carbons (Fsp3) is 0.200. The summed E-state index contributed by atoms with van der Waals surface area (Å²) in [7, 11) is 0. The molecule has 0 saturated carbocycles. The number of aliphatic hydroxyl groups excluding tert-OH is 1. The van der Waals surface area contributed by atoms with Crippen molar-refractivity contribution in [2.75, 3.05) is 0 Å². The third-order valence-corrected chi connectivity index (χ3v) is 3.87. The van der Waals surface area contributed by atoms with Crippen LogP contribution < -0.4 is 4.74 Å². The van der Waals surface area contributed by atoms with Crippen molar-refractivity contribution < 1.29 is 9.84 Å². The molecular formula is C15H12Cl2O2. The summed E-state index contributed by atoms with van der Waals surface area (Å²) in [5.41, 5.74) is 1.62. The molecule has 2 unspecified atom stereocenters. The van der Waals surface area contributed by atoms with Gasteiger partial charge in [-0.05, 0) is 24.3 Å². The Kier molecular flexibility index (Phi) is 3.40. The predicted molar refractivity (Wildman–Crippen MR) is 75.8 cm³/mol. The molecule has 0 bridgehead atoms. The maximum absolute atomic E-state index is 10.2. The Labute approximate surface area is 121 Å². The van der Waals surface area contributed by atoms with Crippen LogP contribution in [-0.2, 0) is 0 Å². The van der Waals surface area contributed by atoms with Crippen molar-refractivity contribution in [3.05, 3.63) is 63.6 Å². The van der Waals surface area contributed by atoms with E-state index in [-0.39, 0.29) is 6.10 Å². The summed E-state index contributed by atoms with van der Waals surface area (Å²) >= 11 is 12.1. The third kappa shape index (κ3) is 2.44. The number of hydrogen-bond acceptors (Lipinski definition) is 2. The van der Waals surface area contributed by atoms with Crippen LogP contribution in [0.15, 0.2) is 42.5 Å². The highest BCUT2D eigenvalue weighted by molar-refractivity contribution is 6.31. The molecule has 0 amide bonds. The maximum atomic E-state index is 10.2. The van der Waals surface area contributed by atoms with Gasteiger partial charge in [-0.3, -0.25) is 0 Å². The van der Waals surface area contributed by atoms with Crippen LogP contribution in [0, 0.1) is 0 Å². The highest BCUT2D eigenvalue weighted by Crippen LogP contribution is 2.43. The second kappa shape index (κ2) is 5.04. The van der Waals surface area contributed by atoms with Gasteiger partial charge in [0.1, 0.15) is 11.9 Å². The Morgan fingerprint density at radius 1 is 1.05 bits per heavy atom. The first-order chi connectivity index (χ1) is 9.15. The normalized spacial score (nSPS) is 21.6. The number of benzene rings is 2. The number of hydrogen-bond donors (Lipinski definition) is 1. The van der Waals surface area contributed by atoms with E-state index in [1.807, 2.05) is 24.3 Å². The van der Waals surface area contributed by atoms with Crippen molar-refractivity contribution in [2.45, 2.75) is 18.6 Å². The van der Waals surface area contributed by atoms with Gasteiger partial charge in [-0.25, -0.2) is 0 Å². The molecule has 0 saturated heterocycles. The predicted octanol–water partition coefficient (Wildman–Crippen LogP) is 4.55. The largest absolute Gasteiger partial charge is 0.485 e. The maximum Gasteiger partial charge on any atom is 0.128 e. The van der Waals surface area contributed by atoms with Gasteiger partial charge >= 0.3 is 0 Å². The topological polar surface area (TPSA) is 29.5 Å². The van der Waals surface area contributed by atoms with Gasteiger partial charge in [0.25, 0.3) is 0 Å². The van der Waals surface area contributed by atoms with Crippen LogP contribution in [0.2, 0.25) is 10.0 Å². The number of halogens is 2. The summed E-state index contributed by atoms with van der Waals surface area (Å²) < 4.78 is 5.92. The molecule has 2 nitrogen and oxygen atoms in total. The molecule has 2 aromatic rings. The fourth-order valence-corrected chi connectivity index (χ4v) is 2.78. The van der Waals surface area contributed by atoms with Crippen molar-refractivity contribution in [3.8, 4) is 5.75 Å². The van der Waals surface area contributed by atoms with Crippen LogP contribution in [0.1, 0.15) is 29.8 Å². The minimum absolute atomic E-state index is 0.239. The van der Waals surface area contributed by atoms with E-state index in [1.54, 1.807) is 18.2 Å². The summed E-state index contributed by atoms with van der Waals surface area (Å²) in [6.45, 7) is 0. The molecule has 0 fully saturated rings. The van der Waals surface area contributed by atoms with E-state index in [4.69, 9.17) is 27.9 Å². The second-order valence-electron chi connectivity index (χ2n) is 4.56. The molecule has 98 valence electrons. The molecule has 0 radical (unpaired) electrons. The SMILES string of the molecule is OC1CC(c2ccccc2Cl)Oc2ccc(Cl)cc21. The lowest BCUT2D eigenvalue weighted by Gasteiger charge is -2.30. The molecular weight excluding hydrogens is 283 g/mol. The van der Waals surface area contributed by atoms with E-state index in [0.717, 1.165) is 11.1 Å². The van der Waals surface area contributed by atoms with Gasteiger partial charge in [0, 0.05) is 27.6 Å². The molecule has 2 atom stereocenters. The molecule has 0 aromatic heterocycles. The van der Waals surface area contributed by atoms with E-state index in [9.17, 15) is 5.11 Å². The summed E-state index contributed by atoms with van der Waals surface area (Å²) in [6, 6.07) is 12.8. The summed E-state index contributed by atoms with van der Waals surface area (Å²) in [5.74, 6) is 0.660. The molecule has 3 rings (SSSR count). The van der Waals surface area contributed by atoms with Gasteiger partial charge < -0.3 is 9.84 Å². The van der Waals surface area contributed by atoms with Crippen LogP contribution in [0.4, 0.5) is 0 Å². The molecule has 19 heavy (non-hydrogen) atoms. The van der Waals surface area contributed by atoms with Crippen LogP contribution in [-0.4, -0.2) is 5.11 Å². The van der Waals surface area contributed by atoms with Crippen LogP contribution in [0.25, 0.3) is 0 Å². The van der Waals surface area contributed by atoms with Crippen LogP contribution >= 0.6 is 23.2 Å². The van der Waals surface area contributed by atoms with Gasteiger partial charge in [0.15, 0.2) is 0 Å². The first-order valence-corrected chi connectivity index (χ1v) is 6.79. The van der Waals surface area contributed by atoms with E-state index >= 15 is 0 Å². The van der Waals surface area contributed by atoms with E-state index < -0.39 is 6.10 Å². The molecule has 0 spiro atoms. The van der Waals surface area contributed by atoms with Crippen LogP contribution in [0.5, 0.6) is 5.75 Å². The average molecular weight is 295 g/mol. The average Bonchev–Trinajstić information content (AvgIpc) is 2.40. The highest BCUT2D eigenvalue weighted by atomic mass is 35.5. The van der Waals surface area contributed by atoms with Crippen molar-refractivity contribution in [3.63, 3.8) is 0 Å². The van der Waals surface area contributed by atoms with Crippen molar-refractivity contribution in [2.24, 2.45) is 0 Å². The molecule has 1 aliphatic heterocycles. The van der Waals surface area contributed by atoms with Gasteiger partial charge in [-0.1, -0.05) is 41.4 Å². The first kappa shape index (κ1) is 12.8. The van der Waals surface area contributed by atoms with Gasteiger partial charge in [-0.2, -0.15) is 0 Å². The Bertz CT molecular complexity index is 613. The van der Waals surface area contributed by atoms with Crippen molar-refractivity contribution >= 4 is 23.2 Å². The van der Waals surface area contributed by atoms with Gasteiger partial charge in [-0.15, -0.1) is 0 Å². The Morgan fingerprint density at radius 2 is 1.84 bits per heavy atom. The summed E-state index contributed by atoms with van der Waals surface area (Å²) in [6.07, 6.45) is -0.363. The zero-order valence-corrected chi connectivity index (χ0v) is 11.5. The monoisotopic (exact) mass is 294 g/mol. The zero-order valence-electron chi connectivity index (χ0n) is 10.0. The number of rotatable bonds is 1. The zero-order chi connectivity index (χ0) is 13.4. The number of fused-ring (bicyclic) bond motifs is 1. The lowest BCUT2D eigenvalue weighted by molar-refractivity contribution is 0.0658. The molecule has 1 heterocycles. The lowest BCUT2D eigenvalue weighted by Crippen LogP contribution is -2.19. The minimum atomic E-state index is -0.594. The molecule has 1 N–H and O–H groups in total. The summed E-state index contributed by atoms with van der Waals surface area (Å²) in [5, 5.41) is 11.5. The molecule has 1 aliphatic rings.